The number of Topliss-reactive ketones (excluding diaryl/α,β-unsaturated/α-hetero) is 1. The van der Waals surface area contributed by atoms with Gasteiger partial charge in [0.1, 0.15) is 5.78 Å². The maximum Gasteiger partial charge on any atom is 0.140 e. The highest BCUT2D eigenvalue weighted by Gasteiger charge is 2.12. The number of carbonyl (C=O) groups excluding carboxylic acids is 1. The molecular weight excluding hydrogens is 126 g/mol. The van der Waals surface area contributed by atoms with Crippen molar-refractivity contribution < 1.29 is 4.79 Å². The molecule has 0 N–H and O–H groups in total. The van der Waals surface area contributed by atoms with Crippen molar-refractivity contribution in [2.24, 2.45) is 0 Å². The van der Waals surface area contributed by atoms with Crippen molar-refractivity contribution in [3.8, 4) is 0 Å². The first-order valence-electron chi connectivity index (χ1n) is 3.52. The zero-order valence-electron chi connectivity index (χ0n) is 5.71. The van der Waals surface area contributed by atoms with Crippen LogP contribution in [0.5, 0.6) is 0 Å². The van der Waals surface area contributed by atoms with Gasteiger partial charge in [0.2, 0.25) is 0 Å². The van der Waals surface area contributed by atoms with E-state index in [1.54, 1.807) is 0 Å². The van der Waals surface area contributed by atoms with E-state index in [0.717, 1.165) is 12.2 Å². The number of hydrogen-bond donors (Lipinski definition) is 0. The zero-order chi connectivity index (χ0) is 6.97. The van der Waals surface area contributed by atoms with Gasteiger partial charge >= 0.3 is 0 Å². The summed E-state index contributed by atoms with van der Waals surface area (Å²) >= 11 is 0. The Balaban J connectivity index is 2.39. The third-order valence-corrected chi connectivity index (χ3v) is 1.93. The summed E-state index contributed by atoms with van der Waals surface area (Å²) < 4.78 is 2.14. The smallest absolute Gasteiger partial charge is 0.140 e. The van der Waals surface area contributed by atoms with Crippen LogP contribution in [0.1, 0.15) is 12.1 Å². The molecule has 2 rings (SSSR count). The van der Waals surface area contributed by atoms with Gasteiger partial charge in [-0.25, -0.2) is 0 Å². The maximum absolute atomic E-state index is 10.9. The van der Waals surface area contributed by atoms with Crippen molar-refractivity contribution in [2.75, 3.05) is 0 Å². The molecule has 2 heterocycles. The van der Waals surface area contributed by atoms with Crippen molar-refractivity contribution in [2.45, 2.75) is 19.4 Å². The molecule has 0 aromatic carbocycles. The van der Waals surface area contributed by atoms with Gasteiger partial charge in [-0.1, -0.05) is 0 Å². The molecule has 10 heavy (non-hydrogen) atoms. The quantitative estimate of drug-likeness (QED) is 0.520. The van der Waals surface area contributed by atoms with E-state index in [0.29, 0.717) is 18.6 Å². The van der Waals surface area contributed by atoms with Crippen molar-refractivity contribution in [1.29, 1.82) is 0 Å². The third-order valence-electron chi connectivity index (χ3n) is 1.93. The van der Waals surface area contributed by atoms with Gasteiger partial charge in [-0.15, -0.1) is 0 Å². The first-order valence-corrected chi connectivity index (χ1v) is 3.52. The van der Waals surface area contributed by atoms with Crippen LogP contribution in [0.4, 0.5) is 0 Å². The van der Waals surface area contributed by atoms with Crippen molar-refractivity contribution in [3.63, 3.8) is 0 Å². The summed E-state index contributed by atoms with van der Waals surface area (Å²) in [4.78, 5) is 10.9. The minimum absolute atomic E-state index is 0.367. The highest BCUT2D eigenvalue weighted by atomic mass is 16.1. The average molecular weight is 135 g/mol. The van der Waals surface area contributed by atoms with E-state index >= 15 is 0 Å². The highest BCUT2D eigenvalue weighted by molar-refractivity contribution is 5.81. The number of nitrogens with zero attached hydrogens (tertiary/aromatic N) is 1. The summed E-state index contributed by atoms with van der Waals surface area (Å²) in [6.45, 7) is 0.876. The highest BCUT2D eigenvalue weighted by Crippen LogP contribution is 2.11. The lowest BCUT2D eigenvalue weighted by atomic mass is 10.1. The van der Waals surface area contributed by atoms with Crippen LogP contribution in [-0.4, -0.2) is 10.4 Å². The summed E-state index contributed by atoms with van der Waals surface area (Å²) in [5.41, 5.74) is 1.16. The fourth-order valence-corrected chi connectivity index (χ4v) is 1.36. The van der Waals surface area contributed by atoms with Gasteiger partial charge in [-0.2, -0.15) is 0 Å². The summed E-state index contributed by atoms with van der Waals surface area (Å²) in [7, 11) is 0. The molecule has 0 unspecified atom stereocenters. The molecule has 2 heteroatoms. The molecule has 52 valence electrons. The molecule has 0 amide bonds. The molecule has 0 saturated heterocycles. The van der Waals surface area contributed by atoms with Gasteiger partial charge in [-0.3, -0.25) is 4.79 Å². The Labute approximate surface area is 59.5 Å². The van der Waals surface area contributed by atoms with Crippen LogP contribution in [0, 0.1) is 0 Å². The van der Waals surface area contributed by atoms with Crippen LogP contribution < -0.4 is 0 Å². The Morgan fingerprint density at radius 2 is 2.40 bits per heavy atom. The summed E-state index contributed by atoms with van der Waals surface area (Å²) in [6.07, 6.45) is 3.37. The van der Waals surface area contributed by atoms with E-state index in [-0.39, 0.29) is 0 Å². The van der Waals surface area contributed by atoms with Crippen molar-refractivity contribution >= 4 is 5.78 Å². The van der Waals surface area contributed by atoms with E-state index in [9.17, 15) is 4.79 Å². The minimum atomic E-state index is 0.367. The number of rotatable bonds is 0. The maximum atomic E-state index is 10.9. The predicted molar refractivity (Wildman–Crippen MR) is 37.8 cm³/mol. The number of ketones is 1. The average Bonchev–Trinajstić information content (AvgIpc) is 2.33. The molecule has 1 aliphatic rings. The Morgan fingerprint density at radius 3 is 3.30 bits per heavy atom. The molecule has 1 aromatic rings. The Kier molecular flexibility index (Phi) is 1.13. The number of aryl methyl sites for hydroxylation is 1. The molecule has 1 aromatic heterocycles. The third kappa shape index (κ3) is 0.764. The second kappa shape index (κ2) is 1.97. The lowest BCUT2D eigenvalue weighted by Crippen LogP contribution is -2.17. The fraction of sp³-hybridized carbons (Fsp3) is 0.375. The van der Waals surface area contributed by atoms with E-state index < -0.39 is 0 Å². The van der Waals surface area contributed by atoms with Gasteiger partial charge in [0.05, 0.1) is 0 Å². The summed E-state index contributed by atoms with van der Waals surface area (Å²) in [6, 6.07) is 4.00. The molecule has 0 fully saturated rings. The molecule has 0 aliphatic carbocycles. The van der Waals surface area contributed by atoms with Crippen LogP contribution in [-0.2, 0) is 17.8 Å². The number of fused-ring (bicyclic) bond motifs is 1. The first kappa shape index (κ1) is 5.71. The molecular formula is C8H9NO. The van der Waals surface area contributed by atoms with E-state index in [1.165, 1.54) is 0 Å². The van der Waals surface area contributed by atoms with Crippen LogP contribution in [0.2, 0.25) is 0 Å². The molecule has 0 bridgehead atoms. The van der Waals surface area contributed by atoms with Gasteiger partial charge in [0, 0.05) is 31.3 Å². The van der Waals surface area contributed by atoms with Gasteiger partial charge in [0.25, 0.3) is 0 Å². The second-order valence-corrected chi connectivity index (χ2v) is 2.66. The molecule has 0 spiro atoms. The molecule has 0 atom stereocenters. The van der Waals surface area contributed by atoms with E-state index in [4.69, 9.17) is 0 Å². The fourth-order valence-electron chi connectivity index (χ4n) is 1.36. The monoisotopic (exact) mass is 135 g/mol. The first-order chi connectivity index (χ1) is 4.86. The predicted octanol–water partition coefficient (Wildman–Crippen LogP) is 1.00. The van der Waals surface area contributed by atoms with Crippen LogP contribution in [0.25, 0.3) is 0 Å². The summed E-state index contributed by atoms with van der Waals surface area (Å²) in [5.74, 6) is 0.367. The largest absolute Gasteiger partial charge is 0.351 e. The zero-order valence-corrected chi connectivity index (χ0v) is 5.71. The van der Waals surface area contributed by atoms with Gasteiger partial charge in [0.15, 0.2) is 0 Å². The lowest BCUT2D eigenvalue weighted by molar-refractivity contribution is -0.119. The summed E-state index contributed by atoms with van der Waals surface area (Å²) in [5, 5.41) is 0. The molecule has 1 aliphatic heterocycles. The van der Waals surface area contributed by atoms with E-state index in [2.05, 4.69) is 4.57 Å². The van der Waals surface area contributed by atoms with E-state index in [1.807, 2.05) is 18.3 Å². The Bertz CT molecular complexity index is 262. The molecule has 2 nitrogen and oxygen atoms in total. The lowest BCUT2D eigenvalue weighted by Gasteiger charge is -2.13. The molecule has 0 radical (unpaired) electrons. The Hall–Kier alpha value is -1.05. The second-order valence-electron chi connectivity index (χ2n) is 2.66. The van der Waals surface area contributed by atoms with Crippen molar-refractivity contribution in [1.82, 2.24) is 4.57 Å². The Morgan fingerprint density at radius 1 is 1.50 bits per heavy atom. The topological polar surface area (TPSA) is 22.0 Å². The number of hydrogen-bond acceptors (Lipinski definition) is 1. The van der Waals surface area contributed by atoms with Crippen LogP contribution in [0.15, 0.2) is 18.3 Å². The minimum Gasteiger partial charge on any atom is -0.351 e. The normalized spacial score (nSPS) is 17.0. The van der Waals surface area contributed by atoms with Crippen LogP contribution in [0.3, 0.4) is 0 Å². The number of aromatic nitrogens is 1. The van der Waals surface area contributed by atoms with Crippen LogP contribution >= 0.6 is 0 Å². The molecule has 0 saturated carbocycles. The SMILES string of the molecule is O=C1CCn2cccc2C1. The standard InChI is InChI=1S/C8H9NO/c10-8-3-5-9-4-1-2-7(9)6-8/h1-2,4H,3,5-6H2. The van der Waals surface area contributed by atoms with Gasteiger partial charge in [-0.05, 0) is 12.1 Å². The van der Waals surface area contributed by atoms with Gasteiger partial charge < -0.3 is 4.57 Å². The number of carbonyl (C=O) groups is 1. The van der Waals surface area contributed by atoms with Crippen molar-refractivity contribution in [3.05, 3.63) is 24.0 Å².